The zero-order valence-corrected chi connectivity index (χ0v) is 15.9. The van der Waals surface area contributed by atoms with Gasteiger partial charge in [-0.3, -0.25) is 0 Å². The number of nitrogens with one attached hydrogen (secondary N) is 2. The van der Waals surface area contributed by atoms with Crippen molar-refractivity contribution in [2.75, 3.05) is 36.4 Å². The lowest BCUT2D eigenvalue weighted by molar-refractivity contribution is 0.405. The highest BCUT2D eigenvalue weighted by atomic mass is 35.5. The van der Waals surface area contributed by atoms with E-state index in [9.17, 15) is 8.42 Å². The molecular formula is C16H19ClN4O4S. The minimum atomic E-state index is -2.97. The summed E-state index contributed by atoms with van der Waals surface area (Å²) in [6.07, 6.45) is 2.13. The predicted molar refractivity (Wildman–Crippen MR) is 101 cm³/mol. The second-order valence-corrected chi connectivity index (χ2v) is 8.46. The van der Waals surface area contributed by atoms with E-state index in [1.165, 1.54) is 14.2 Å². The summed E-state index contributed by atoms with van der Waals surface area (Å²) in [7, 11) is 0.0945. The Labute approximate surface area is 156 Å². The van der Waals surface area contributed by atoms with E-state index < -0.39 is 9.84 Å². The van der Waals surface area contributed by atoms with Crippen LogP contribution in [0.2, 0.25) is 5.02 Å². The third-order valence-electron chi connectivity index (χ3n) is 3.96. The van der Waals surface area contributed by atoms with Crippen molar-refractivity contribution in [2.45, 2.75) is 12.5 Å². The van der Waals surface area contributed by atoms with Crippen molar-refractivity contribution >= 4 is 38.9 Å². The number of hydrogen-bond donors (Lipinski definition) is 2. The molecule has 0 radical (unpaired) electrons. The molecule has 26 heavy (non-hydrogen) atoms. The van der Waals surface area contributed by atoms with E-state index in [4.69, 9.17) is 21.1 Å². The fourth-order valence-electron chi connectivity index (χ4n) is 2.69. The number of rotatable bonds is 6. The number of hydrogen-bond acceptors (Lipinski definition) is 8. The van der Waals surface area contributed by atoms with Crippen LogP contribution in [0.15, 0.2) is 24.4 Å². The van der Waals surface area contributed by atoms with Gasteiger partial charge in [-0.15, -0.1) is 0 Å². The van der Waals surface area contributed by atoms with Crippen molar-refractivity contribution in [1.82, 2.24) is 9.97 Å². The van der Waals surface area contributed by atoms with Crippen molar-refractivity contribution in [2.24, 2.45) is 0 Å². The molecule has 1 unspecified atom stereocenters. The summed E-state index contributed by atoms with van der Waals surface area (Å²) >= 11 is 6.11. The van der Waals surface area contributed by atoms with Gasteiger partial charge in [-0.05, 0) is 12.5 Å². The lowest BCUT2D eigenvalue weighted by Gasteiger charge is -2.15. The van der Waals surface area contributed by atoms with Gasteiger partial charge in [0.2, 0.25) is 5.95 Å². The van der Waals surface area contributed by atoms with Gasteiger partial charge >= 0.3 is 0 Å². The van der Waals surface area contributed by atoms with Crippen molar-refractivity contribution in [1.29, 1.82) is 0 Å². The first-order chi connectivity index (χ1) is 12.4. The summed E-state index contributed by atoms with van der Waals surface area (Å²) in [5.74, 6) is 2.19. The van der Waals surface area contributed by atoms with Gasteiger partial charge in [0.25, 0.3) is 0 Å². The van der Waals surface area contributed by atoms with Gasteiger partial charge < -0.3 is 20.1 Å². The van der Waals surface area contributed by atoms with Gasteiger partial charge in [-0.1, -0.05) is 11.6 Å². The third-order valence-corrected chi connectivity index (χ3v) is 6.02. The molecule has 0 amide bonds. The molecule has 3 rings (SSSR count). The molecule has 1 atom stereocenters. The highest BCUT2D eigenvalue weighted by Gasteiger charge is 2.28. The molecule has 0 saturated carbocycles. The molecule has 1 saturated heterocycles. The minimum absolute atomic E-state index is 0.0935. The Kier molecular flexibility index (Phi) is 5.38. The molecule has 1 aliphatic rings. The van der Waals surface area contributed by atoms with E-state index in [1.807, 2.05) is 0 Å². The Morgan fingerprint density at radius 2 is 2.00 bits per heavy atom. The first-order valence-corrected chi connectivity index (χ1v) is 10.1. The smallest absolute Gasteiger partial charge is 0.224 e. The normalized spacial score (nSPS) is 18.3. The van der Waals surface area contributed by atoms with Crippen LogP contribution in [0.4, 0.5) is 17.5 Å². The van der Waals surface area contributed by atoms with Crippen LogP contribution >= 0.6 is 11.6 Å². The Morgan fingerprint density at radius 1 is 1.23 bits per heavy atom. The molecule has 8 nitrogen and oxygen atoms in total. The molecule has 2 heterocycles. The lowest BCUT2D eigenvalue weighted by atomic mass is 10.2. The largest absolute Gasteiger partial charge is 0.495 e. The van der Waals surface area contributed by atoms with Gasteiger partial charge in [0.05, 0.1) is 36.4 Å². The van der Waals surface area contributed by atoms with Gasteiger partial charge in [0.1, 0.15) is 17.3 Å². The highest BCUT2D eigenvalue weighted by Crippen LogP contribution is 2.37. The topological polar surface area (TPSA) is 102 Å². The molecule has 1 fully saturated rings. The van der Waals surface area contributed by atoms with Crippen LogP contribution in [-0.2, 0) is 9.84 Å². The number of benzene rings is 1. The van der Waals surface area contributed by atoms with Crippen LogP contribution < -0.4 is 20.1 Å². The fourth-order valence-corrected chi connectivity index (χ4v) is 4.59. The first kappa shape index (κ1) is 18.5. The molecular weight excluding hydrogens is 380 g/mol. The summed E-state index contributed by atoms with van der Waals surface area (Å²) in [5.41, 5.74) is 0.627. The standard InChI is InChI=1S/C16H19ClN4O4S/c1-24-13-8-12(14(25-2)7-11(13)17)20-15-3-5-18-16(21-15)19-10-4-6-26(22,23)9-10/h3,5,7-8,10H,4,6,9H2,1-2H3,(H2,18,19,20,21). The van der Waals surface area contributed by atoms with Gasteiger partial charge in [0, 0.05) is 24.4 Å². The number of sulfone groups is 1. The predicted octanol–water partition coefficient (Wildman–Crippen LogP) is 2.49. The molecule has 2 aromatic rings. The molecule has 1 aliphatic heterocycles. The molecule has 1 aromatic carbocycles. The number of methoxy groups -OCH3 is 2. The van der Waals surface area contributed by atoms with Crippen molar-refractivity contribution < 1.29 is 17.9 Å². The highest BCUT2D eigenvalue weighted by molar-refractivity contribution is 7.91. The Morgan fingerprint density at radius 3 is 2.65 bits per heavy atom. The molecule has 140 valence electrons. The maximum absolute atomic E-state index is 11.6. The fraction of sp³-hybridized carbons (Fsp3) is 0.375. The summed E-state index contributed by atoms with van der Waals surface area (Å²) in [4.78, 5) is 8.52. The van der Waals surface area contributed by atoms with Crippen LogP contribution in [0, 0.1) is 0 Å². The summed E-state index contributed by atoms with van der Waals surface area (Å²) in [6.45, 7) is 0. The Balaban J connectivity index is 1.79. The zero-order chi connectivity index (χ0) is 18.7. The van der Waals surface area contributed by atoms with E-state index in [1.54, 1.807) is 24.4 Å². The molecule has 0 bridgehead atoms. The van der Waals surface area contributed by atoms with E-state index in [2.05, 4.69) is 20.6 Å². The Hall–Kier alpha value is -2.26. The number of nitrogens with zero attached hydrogens (tertiary/aromatic N) is 2. The quantitative estimate of drug-likeness (QED) is 0.765. The maximum atomic E-state index is 11.6. The number of anilines is 3. The maximum Gasteiger partial charge on any atom is 0.224 e. The van der Waals surface area contributed by atoms with Gasteiger partial charge in [-0.2, -0.15) is 4.98 Å². The van der Waals surface area contributed by atoms with E-state index in [0.717, 1.165) is 0 Å². The number of ether oxygens (including phenoxy) is 2. The van der Waals surface area contributed by atoms with Crippen LogP contribution in [0.1, 0.15) is 6.42 Å². The zero-order valence-electron chi connectivity index (χ0n) is 14.3. The first-order valence-electron chi connectivity index (χ1n) is 7.89. The third kappa shape index (κ3) is 4.28. The SMILES string of the molecule is COc1cc(Nc2ccnc(NC3CCS(=O)(=O)C3)n2)c(OC)cc1Cl. The van der Waals surface area contributed by atoms with Crippen molar-refractivity contribution in [3.63, 3.8) is 0 Å². The Bertz CT molecular complexity index is 907. The summed E-state index contributed by atoms with van der Waals surface area (Å²) < 4.78 is 33.7. The molecule has 0 aliphatic carbocycles. The van der Waals surface area contributed by atoms with Gasteiger partial charge in [0.15, 0.2) is 9.84 Å². The number of halogens is 1. The van der Waals surface area contributed by atoms with Crippen LogP contribution in [0.5, 0.6) is 11.5 Å². The second kappa shape index (κ2) is 7.55. The average Bonchev–Trinajstić information content (AvgIpc) is 2.95. The molecule has 2 N–H and O–H groups in total. The molecule has 10 heteroatoms. The van der Waals surface area contributed by atoms with Crippen LogP contribution in [0.25, 0.3) is 0 Å². The van der Waals surface area contributed by atoms with Crippen LogP contribution in [0.3, 0.4) is 0 Å². The summed E-state index contributed by atoms with van der Waals surface area (Å²) in [5, 5.41) is 6.63. The minimum Gasteiger partial charge on any atom is -0.495 e. The van der Waals surface area contributed by atoms with Crippen molar-refractivity contribution in [3.8, 4) is 11.5 Å². The average molecular weight is 399 g/mol. The van der Waals surface area contributed by atoms with Crippen molar-refractivity contribution in [3.05, 3.63) is 29.4 Å². The molecule has 0 spiro atoms. The molecule has 1 aromatic heterocycles. The van der Waals surface area contributed by atoms with E-state index in [-0.39, 0.29) is 17.5 Å². The number of aromatic nitrogens is 2. The monoisotopic (exact) mass is 398 g/mol. The second-order valence-electron chi connectivity index (χ2n) is 5.82. The summed E-state index contributed by atoms with van der Waals surface area (Å²) in [6, 6.07) is 4.86. The van der Waals surface area contributed by atoms with Gasteiger partial charge in [-0.25, -0.2) is 13.4 Å². The van der Waals surface area contributed by atoms with E-state index >= 15 is 0 Å². The lowest BCUT2D eigenvalue weighted by Crippen LogP contribution is -2.22. The van der Waals surface area contributed by atoms with E-state index in [0.29, 0.717) is 40.4 Å². The van der Waals surface area contributed by atoms with Crippen LogP contribution in [-0.4, -0.2) is 50.2 Å².